The normalized spacial score (nSPS) is 12.0. The predicted octanol–water partition coefficient (Wildman–Crippen LogP) is 12.1. The van der Waals surface area contributed by atoms with Crippen molar-refractivity contribution in [2.75, 3.05) is 0 Å². The van der Waals surface area contributed by atoms with Gasteiger partial charge in [0, 0.05) is 35.8 Å². The van der Waals surface area contributed by atoms with Crippen LogP contribution in [0.15, 0.2) is 133 Å². The minimum Gasteiger partial charge on any atom is -0.143 e. The molecule has 0 atom stereocenters. The molecule has 0 N–H and O–H groups in total. The maximum atomic E-state index is 2.46. The number of hydrogen-bond acceptors (Lipinski definition) is 2. The first-order valence-corrected chi connectivity index (χ1v) is 15.3. The van der Waals surface area contributed by atoms with Crippen LogP contribution in [0.1, 0.15) is 0 Å². The fraction of sp³-hybridized carbons (Fsp3) is 0. The van der Waals surface area contributed by atoms with Crippen LogP contribution in [0.3, 0.4) is 0 Å². The molecule has 0 bridgehead atoms. The van der Waals surface area contributed by atoms with Crippen LogP contribution in [0.5, 0.6) is 0 Å². The van der Waals surface area contributed by atoms with Crippen molar-refractivity contribution in [3.05, 3.63) is 133 Å². The summed E-state index contributed by atoms with van der Waals surface area (Å²) in [6, 6.07) is 47.1. The lowest BCUT2D eigenvalue weighted by Crippen LogP contribution is -1.91. The molecule has 9 rings (SSSR count). The van der Waals surface area contributed by atoms with Gasteiger partial charge >= 0.3 is 0 Å². The number of hydrogen-bond donors (Lipinski definition) is 0. The van der Waals surface area contributed by atoms with Crippen molar-refractivity contribution in [3.8, 4) is 22.3 Å². The summed E-state index contributed by atoms with van der Waals surface area (Å²) in [4.78, 5) is 0. The Morgan fingerprint density at radius 1 is 0.400 bits per heavy atom. The van der Waals surface area contributed by atoms with Crippen molar-refractivity contribution in [2.24, 2.45) is 0 Å². The number of fused-ring (bicyclic) bond motifs is 8. The highest BCUT2D eigenvalue weighted by Crippen LogP contribution is 2.50. The SMILES string of the molecule is c1ccc2c(-c3c4ccccc4c(-c4cc5sc6ccccc6c5c5ccsc45)c4ccccc34)cccc2c1. The van der Waals surface area contributed by atoms with E-state index in [2.05, 4.69) is 133 Å². The fourth-order valence-corrected chi connectivity index (χ4v) is 8.78. The first-order valence-electron chi connectivity index (χ1n) is 13.6. The van der Waals surface area contributed by atoms with Crippen LogP contribution in [-0.2, 0) is 0 Å². The van der Waals surface area contributed by atoms with Gasteiger partial charge in [-0.15, -0.1) is 22.7 Å². The van der Waals surface area contributed by atoms with Crippen LogP contribution in [0.2, 0.25) is 0 Å². The van der Waals surface area contributed by atoms with E-state index in [4.69, 9.17) is 0 Å². The zero-order valence-corrected chi connectivity index (χ0v) is 23.2. The zero-order chi connectivity index (χ0) is 26.2. The average molecular weight is 543 g/mol. The smallest absolute Gasteiger partial charge is 0.0428 e. The molecule has 0 saturated carbocycles. The molecule has 0 nitrogen and oxygen atoms in total. The average Bonchev–Trinajstić information content (AvgIpc) is 3.64. The number of thiophene rings is 2. The summed E-state index contributed by atoms with van der Waals surface area (Å²) in [5, 5.41) is 14.1. The van der Waals surface area contributed by atoms with Gasteiger partial charge in [-0.05, 0) is 72.6 Å². The van der Waals surface area contributed by atoms with Gasteiger partial charge in [0.25, 0.3) is 0 Å². The van der Waals surface area contributed by atoms with Crippen LogP contribution in [0.25, 0.3) is 84.8 Å². The summed E-state index contributed by atoms with van der Waals surface area (Å²) >= 11 is 3.77. The summed E-state index contributed by atoms with van der Waals surface area (Å²) in [6.45, 7) is 0. The largest absolute Gasteiger partial charge is 0.143 e. The van der Waals surface area contributed by atoms with Crippen molar-refractivity contribution in [1.82, 2.24) is 0 Å². The molecule has 0 aliphatic carbocycles. The van der Waals surface area contributed by atoms with Crippen LogP contribution in [-0.4, -0.2) is 0 Å². The Labute approximate surface area is 239 Å². The van der Waals surface area contributed by atoms with E-state index in [-0.39, 0.29) is 0 Å². The lowest BCUT2D eigenvalue weighted by Gasteiger charge is -2.19. The summed E-state index contributed by atoms with van der Waals surface area (Å²) in [6.07, 6.45) is 0. The van der Waals surface area contributed by atoms with Crippen LogP contribution in [0.4, 0.5) is 0 Å². The van der Waals surface area contributed by atoms with Crippen LogP contribution >= 0.6 is 22.7 Å². The van der Waals surface area contributed by atoms with E-state index in [0.717, 1.165) is 0 Å². The minimum absolute atomic E-state index is 1.27. The third kappa shape index (κ3) is 3.06. The van der Waals surface area contributed by atoms with Gasteiger partial charge in [-0.25, -0.2) is 0 Å². The summed E-state index contributed by atoms with van der Waals surface area (Å²) in [7, 11) is 0. The molecule has 186 valence electrons. The van der Waals surface area contributed by atoms with E-state index in [1.165, 1.54) is 84.8 Å². The predicted molar refractivity (Wildman–Crippen MR) is 178 cm³/mol. The standard InChI is InChI=1S/C38H22S2/c1-2-12-24-23(10-1)11-9-18-25(24)35-26-13-3-5-15-28(26)36(29-16-6-4-14-27(29)35)32-22-34-37(31-20-21-39-38(31)32)30-17-7-8-19-33(30)40-34/h1-22H. The highest BCUT2D eigenvalue weighted by atomic mass is 32.1. The molecule has 0 unspecified atom stereocenters. The molecule has 0 saturated heterocycles. The van der Waals surface area contributed by atoms with Gasteiger partial charge in [0.1, 0.15) is 0 Å². The van der Waals surface area contributed by atoms with E-state index in [9.17, 15) is 0 Å². The molecule has 0 aliphatic rings. The molecule has 0 radical (unpaired) electrons. The van der Waals surface area contributed by atoms with E-state index < -0.39 is 0 Å². The Morgan fingerprint density at radius 2 is 0.975 bits per heavy atom. The molecular weight excluding hydrogens is 521 g/mol. The topological polar surface area (TPSA) is 0 Å². The van der Waals surface area contributed by atoms with E-state index >= 15 is 0 Å². The Balaban J connectivity index is 1.48. The molecule has 2 aromatic heterocycles. The quantitative estimate of drug-likeness (QED) is 0.191. The van der Waals surface area contributed by atoms with Gasteiger partial charge < -0.3 is 0 Å². The lowest BCUT2D eigenvalue weighted by atomic mass is 9.84. The molecule has 0 fully saturated rings. The maximum absolute atomic E-state index is 2.46. The third-order valence-corrected chi connectivity index (χ3v) is 10.4. The lowest BCUT2D eigenvalue weighted by molar-refractivity contribution is 1.70. The van der Waals surface area contributed by atoms with Crippen LogP contribution in [0, 0.1) is 0 Å². The van der Waals surface area contributed by atoms with Crippen molar-refractivity contribution in [3.63, 3.8) is 0 Å². The molecule has 0 spiro atoms. The Kier molecular flexibility index (Phi) is 4.74. The Morgan fingerprint density at radius 3 is 1.70 bits per heavy atom. The monoisotopic (exact) mass is 542 g/mol. The first-order chi connectivity index (χ1) is 19.9. The van der Waals surface area contributed by atoms with Gasteiger partial charge in [-0.1, -0.05) is 109 Å². The van der Waals surface area contributed by atoms with Crippen molar-refractivity contribution < 1.29 is 0 Å². The fourth-order valence-electron chi connectivity index (χ4n) is 6.69. The zero-order valence-electron chi connectivity index (χ0n) is 21.5. The summed E-state index contributed by atoms with van der Waals surface area (Å²) in [5.74, 6) is 0. The third-order valence-electron chi connectivity index (χ3n) is 8.34. The van der Waals surface area contributed by atoms with Gasteiger partial charge in [-0.2, -0.15) is 0 Å². The number of benzene rings is 7. The van der Waals surface area contributed by atoms with Gasteiger partial charge in [-0.3, -0.25) is 0 Å². The summed E-state index contributed by atoms with van der Waals surface area (Å²) in [5.41, 5.74) is 5.28. The second-order valence-corrected chi connectivity index (χ2v) is 12.4. The Hall–Kier alpha value is -4.50. The summed E-state index contributed by atoms with van der Waals surface area (Å²) < 4.78 is 4.07. The van der Waals surface area contributed by atoms with Crippen LogP contribution < -0.4 is 0 Å². The van der Waals surface area contributed by atoms with Gasteiger partial charge in [0.2, 0.25) is 0 Å². The van der Waals surface area contributed by atoms with Gasteiger partial charge in [0.15, 0.2) is 0 Å². The first kappa shape index (κ1) is 22.3. The molecule has 0 aliphatic heterocycles. The van der Waals surface area contributed by atoms with Crippen molar-refractivity contribution in [2.45, 2.75) is 0 Å². The second-order valence-electron chi connectivity index (χ2n) is 10.4. The van der Waals surface area contributed by atoms with E-state index in [1.807, 2.05) is 22.7 Å². The van der Waals surface area contributed by atoms with E-state index in [1.54, 1.807) is 0 Å². The van der Waals surface area contributed by atoms with Crippen molar-refractivity contribution in [1.29, 1.82) is 0 Å². The molecule has 2 heteroatoms. The van der Waals surface area contributed by atoms with Crippen molar-refractivity contribution >= 4 is 85.2 Å². The molecule has 2 heterocycles. The highest BCUT2D eigenvalue weighted by molar-refractivity contribution is 7.26. The van der Waals surface area contributed by atoms with E-state index in [0.29, 0.717) is 0 Å². The molecular formula is C38H22S2. The van der Waals surface area contributed by atoms with Gasteiger partial charge in [0.05, 0.1) is 0 Å². The highest BCUT2D eigenvalue weighted by Gasteiger charge is 2.21. The molecule has 7 aromatic carbocycles. The number of rotatable bonds is 2. The minimum atomic E-state index is 1.27. The molecule has 0 amide bonds. The maximum Gasteiger partial charge on any atom is 0.0428 e. The molecule has 9 aromatic rings. The Bertz CT molecular complexity index is 2370. The second kappa shape index (κ2) is 8.50. The molecule has 40 heavy (non-hydrogen) atoms.